The highest BCUT2D eigenvalue weighted by Crippen LogP contribution is 2.27. The number of rotatable bonds is 6. The van der Waals surface area contributed by atoms with Gasteiger partial charge in [0, 0.05) is 10.0 Å². The summed E-state index contributed by atoms with van der Waals surface area (Å²) in [5, 5.41) is 3.39. The summed E-state index contributed by atoms with van der Waals surface area (Å²) in [6.07, 6.45) is 2.42. The zero-order valence-corrected chi connectivity index (χ0v) is 13.1. The predicted molar refractivity (Wildman–Crippen MR) is 83.2 cm³/mol. The van der Waals surface area contributed by atoms with Crippen molar-refractivity contribution >= 4 is 15.9 Å². The van der Waals surface area contributed by atoms with Gasteiger partial charge in [0.2, 0.25) is 0 Å². The van der Waals surface area contributed by atoms with E-state index >= 15 is 0 Å². The molecule has 0 bridgehead atoms. The fourth-order valence-corrected chi connectivity index (χ4v) is 2.51. The lowest BCUT2D eigenvalue weighted by atomic mass is 10.1. The van der Waals surface area contributed by atoms with Gasteiger partial charge in [-0.2, -0.15) is 0 Å². The van der Waals surface area contributed by atoms with Crippen LogP contribution in [0, 0.1) is 6.92 Å². The van der Waals surface area contributed by atoms with Gasteiger partial charge in [0.1, 0.15) is 11.5 Å². The number of aryl methyl sites for hydroxylation is 1. The molecule has 2 aromatic rings. The summed E-state index contributed by atoms with van der Waals surface area (Å²) in [6.45, 7) is 6.14. The Bertz CT molecular complexity index is 533. The number of unbranched alkanes of at least 4 members (excludes halogenated alkanes) is 1. The van der Waals surface area contributed by atoms with E-state index in [-0.39, 0.29) is 0 Å². The van der Waals surface area contributed by atoms with E-state index in [0.717, 1.165) is 34.6 Å². The average Bonchev–Trinajstić information content (AvgIpc) is 2.83. The molecule has 102 valence electrons. The maximum atomic E-state index is 5.89. The molecule has 0 fully saturated rings. The predicted octanol–water partition coefficient (Wildman–Crippen LogP) is 4.91. The molecule has 19 heavy (non-hydrogen) atoms. The normalized spacial score (nSPS) is 10.9. The topological polar surface area (TPSA) is 25.2 Å². The lowest BCUT2D eigenvalue weighted by Crippen LogP contribution is -2.13. The first kappa shape index (κ1) is 14.4. The van der Waals surface area contributed by atoms with Crippen LogP contribution in [0.25, 0.3) is 11.3 Å². The summed E-state index contributed by atoms with van der Waals surface area (Å²) in [5.41, 5.74) is 2.37. The summed E-state index contributed by atoms with van der Waals surface area (Å²) in [7, 11) is 0. The molecule has 2 nitrogen and oxygen atoms in total. The van der Waals surface area contributed by atoms with Crippen LogP contribution < -0.4 is 5.32 Å². The highest BCUT2D eigenvalue weighted by molar-refractivity contribution is 9.10. The van der Waals surface area contributed by atoms with Gasteiger partial charge in [-0.25, -0.2) is 0 Å². The van der Waals surface area contributed by atoms with E-state index in [4.69, 9.17) is 4.42 Å². The van der Waals surface area contributed by atoms with Crippen molar-refractivity contribution in [3.63, 3.8) is 0 Å². The minimum atomic E-state index is 0.801. The molecule has 0 aliphatic heterocycles. The minimum Gasteiger partial charge on any atom is -0.460 e. The van der Waals surface area contributed by atoms with Crippen LogP contribution in [0.1, 0.15) is 31.1 Å². The van der Waals surface area contributed by atoms with Gasteiger partial charge in [-0.3, -0.25) is 0 Å². The van der Waals surface area contributed by atoms with Crippen LogP contribution in [0.2, 0.25) is 0 Å². The third kappa shape index (κ3) is 3.95. The fourth-order valence-electron chi connectivity index (χ4n) is 2.03. The summed E-state index contributed by atoms with van der Waals surface area (Å²) in [6, 6.07) is 10.3. The number of halogens is 1. The second kappa shape index (κ2) is 6.92. The highest BCUT2D eigenvalue weighted by atomic mass is 79.9. The first-order valence-corrected chi connectivity index (χ1v) is 7.56. The van der Waals surface area contributed by atoms with Crippen molar-refractivity contribution in [2.45, 2.75) is 33.2 Å². The zero-order chi connectivity index (χ0) is 13.7. The molecule has 1 N–H and O–H groups in total. The summed E-state index contributed by atoms with van der Waals surface area (Å²) in [5.74, 6) is 1.94. The van der Waals surface area contributed by atoms with Gasteiger partial charge in [-0.15, -0.1) is 0 Å². The standard InChI is InChI=1S/C16H20BrNO/c1-3-4-9-18-11-14-6-8-16(19-14)15-7-5-13(17)10-12(15)2/h5-8,10,18H,3-4,9,11H2,1-2H3. The van der Waals surface area contributed by atoms with Crippen molar-refractivity contribution in [3.8, 4) is 11.3 Å². The average molecular weight is 322 g/mol. The van der Waals surface area contributed by atoms with Crippen LogP contribution in [0.5, 0.6) is 0 Å². The molecule has 2 rings (SSSR count). The molecule has 0 aliphatic carbocycles. The van der Waals surface area contributed by atoms with Gasteiger partial charge in [0.05, 0.1) is 6.54 Å². The maximum absolute atomic E-state index is 5.89. The largest absolute Gasteiger partial charge is 0.460 e. The van der Waals surface area contributed by atoms with E-state index in [1.165, 1.54) is 18.4 Å². The molecule has 0 unspecified atom stereocenters. The molecule has 0 radical (unpaired) electrons. The van der Waals surface area contributed by atoms with Crippen LogP contribution in [0.4, 0.5) is 0 Å². The van der Waals surface area contributed by atoms with Gasteiger partial charge in [-0.05, 0) is 55.8 Å². The Hall–Kier alpha value is -1.06. The number of nitrogens with one attached hydrogen (secondary N) is 1. The lowest BCUT2D eigenvalue weighted by Gasteiger charge is -2.04. The van der Waals surface area contributed by atoms with Crippen LogP contribution in [0.3, 0.4) is 0 Å². The van der Waals surface area contributed by atoms with Gasteiger partial charge in [-0.1, -0.05) is 29.3 Å². The fraction of sp³-hybridized carbons (Fsp3) is 0.375. The SMILES string of the molecule is CCCCNCc1ccc(-c2ccc(Br)cc2C)o1. The Morgan fingerprint density at radius 1 is 1.21 bits per heavy atom. The van der Waals surface area contributed by atoms with E-state index in [9.17, 15) is 0 Å². The Balaban J connectivity index is 2.04. The minimum absolute atomic E-state index is 0.801. The van der Waals surface area contributed by atoms with Crippen molar-refractivity contribution in [1.29, 1.82) is 0 Å². The van der Waals surface area contributed by atoms with Gasteiger partial charge in [0.25, 0.3) is 0 Å². The third-order valence-corrected chi connectivity index (χ3v) is 3.62. The first-order valence-electron chi connectivity index (χ1n) is 6.76. The smallest absolute Gasteiger partial charge is 0.134 e. The Morgan fingerprint density at radius 2 is 2.05 bits per heavy atom. The molecule has 1 heterocycles. The van der Waals surface area contributed by atoms with Crippen molar-refractivity contribution in [3.05, 3.63) is 46.1 Å². The molecule has 0 saturated carbocycles. The van der Waals surface area contributed by atoms with E-state index in [0.29, 0.717) is 0 Å². The highest BCUT2D eigenvalue weighted by Gasteiger charge is 2.07. The maximum Gasteiger partial charge on any atom is 0.134 e. The molecule has 0 aliphatic rings. The van der Waals surface area contributed by atoms with Gasteiger partial charge in [0.15, 0.2) is 0 Å². The van der Waals surface area contributed by atoms with E-state index in [1.54, 1.807) is 0 Å². The summed E-state index contributed by atoms with van der Waals surface area (Å²) < 4.78 is 6.99. The lowest BCUT2D eigenvalue weighted by molar-refractivity contribution is 0.490. The monoisotopic (exact) mass is 321 g/mol. The Morgan fingerprint density at radius 3 is 2.79 bits per heavy atom. The second-order valence-corrected chi connectivity index (χ2v) is 5.67. The molecule has 0 atom stereocenters. The van der Waals surface area contributed by atoms with Crippen LogP contribution in [-0.2, 0) is 6.54 Å². The van der Waals surface area contributed by atoms with E-state index < -0.39 is 0 Å². The number of furan rings is 1. The van der Waals surface area contributed by atoms with Gasteiger partial charge >= 0.3 is 0 Å². The zero-order valence-electron chi connectivity index (χ0n) is 11.5. The first-order chi connectivity index (χ1) is 9.20. The van der Waals surface area contributed by atoms with E-state index in [1.807, 2.05) is 12.1 Å². The molecule has 0 amide bonds. The van der Waals surface area contributed by atoms with Crippen molar-refractivity contribution in [1.82, 2.24) is 5.32 Å². The molecular weight excluding hydrogens is 302 g/mol. The molecule has 0 spiro atoms. The van der Waals surface area contributed by atoms with Crippen molar-refractivity contribution in [2.75, 3.05) is 6.54 Å². The number of hydrogen-bond acceptors (Lipinski definition) is 2. The Labute approximate surface area is 123 Å². The summed E-state index contributed by atoms with van der Waals surface area (Å²) in [4.78, 5) is 0. The quantitative estimate of drug-likeness (QED) is 0.765. The molecule has 0 saturated heterocycles. The second-order valence-electron chi connectivity index (χ2n) is 4.76. The number of benzene rings is 1. The molecule has 1 aromatic heterocycles. The van der Waals surface area contributed by atoms with Crippen LogP contribution >= 0.6 is 15.9 Å². The van der Waals surface area contributed by atoms with Crippen LogP contribution in [0.15, 0.2) is 39.2 Å². The molecule has 1 aromatic carbocycles. The van der Waals surface area contributed by atoms with E-state index in [2.05, 4.69) is 53.3 Å². The van der Waals surface area contributed by atoms with Gasteiger partial charge < -0.3 is 9.73 Å². The Kier molecular flexibility index (Phi) is 5.23. The number of hydrogen-bond donors (Lipinski definition) is 1. The molecule has 3 heteroatoms. The molecular formula is C16H20BrNO. The van der Waals surface area contributed by atoms with Crippen molar-refractivity contribution < 1.29 is 4.42 Å². The van der Waals surface area contributed by atoms with Crippen LogP contribution in [-0.4, -0.2) is 6.54 Å². The third-order valence-electron chi connectivity index (χ3n) is 3.12. The van der Waals surface area contributed by atoms with Crippen molar-refractivity contribution in [2.24, 2.45) is 0 Å². The summed E-state index contributed by atoms with van der Waals surface area (Å²) >= 11 is 3.48.